The monoisotopic (exact) mass is 372 g/mol. The van der Waals surface area contributed by atoms with Gasteiger partial charge in [-0.15, -0.1) is 11.3 Å². The highest BCUT2D eigenvalue weighted by molar-refractivity contribution is 7.99. The second-order valence-electron chi connectivity index (χ2n) is 6.53. The van der Waals surface area contributed by atoms with Gasteiger partial charge < -0.3 is 4.98 Å². The first-order chi connectivity index (χ1) is 12.1. The molecule has 0 radical (unpaired) electrons. The highest BCUT2D eigenvalue weighted by Gasteiger charge is 2.13. The number of thiophene rings is 1. The number of hydrogen-bond acceptors (Lipinski definition) is 4. The Hall–Kier alpha value is -1.59. The van der Waals surface area contributed by atoms with Crippen molar-refractivity contribution in [3.05, 3.63) is 45.6 Å². The van der Waals surface area contributed by atoms with E-state index in [9.17, 15) is 4.79 Å². The Morgan fingerprint density at radius 3 is 2.64 bits per heavy atom. The number of benzene rings is 1. The van der Waals surface area contributed by atoms with E-state index in [2.05, 4.69) is 55.0 Å². The zero-order valence-corrected chi connectivity index (χ0v) is 16.6. The van der Waals surface area contributed by atoms with E-state index in [0.29, 0.717) is 11.3 Å². The van der Waals surface area contributed by atoms with Crippen LogP contribution in [0, 0.1) is 0 Å². The summed E-state index contributed by atoms with van der Waals surface area (Å²) in [6, 6.07) is 8.49. The van der Waals surface area contributed by atoms with Crippen molar-refractivity contribution in [2.24, 2.45) is 0 Å². The summed E-state index contributed by atoms with van der Waals surface area (Å²) in [7, 11) is 0. The molecular weight excluding hydrogens is 348 g/mol. The van der Waals surface area contributed by atoms with Crippen LogP contribution in [0.4, 0.5) is 0 Å². The molecule has 0 fully saturated rings. The maximum absolute atomic E-state index is 12.6. The lowest BCUT2D eigenvalue weighted by Crippen LogP contribution is -2.08. The Balaban J connectivity index is 1.89. The highest BCUT2D eigenvalue weighted by atomic mass is 32.2. The molecule has 3 rings (SSSR count). The number of unbranched alkanes of at least 4 members (excludes halogenated alkanes) is 2. The molecule has 3 aromatic rings. The van der Waals surface area contributed by atoms with Crippen LogP contribution in [0.1, 0.15) is 51.5 Å². The summed E-state index contributed by atoms with van der Waals surface area (Å²) in [5.41, 5.74) is 3.33. The number of nitrogens with one attached hydrogen (secondary N) is 1. The van der Waals surface area contributed by atoms with Gasteiger partial charge in [0.2, 0.25) is 0 Å². The molecule has 1 aromatic carbocycles. The Labute approximate surface area is 156 Å². The number of fused-ring (bicyclic) bond motifs is 1. The molecule has 0 amide bonds. The average Bonchev–Trinajstić information content (AvgIpc) is 3.03. The number of rotatable bonds is 7. The molecule has 0 atom stereocenters. The van der Waals surface area contributed by atoms with E-state index in [0.717, 1.165) is 33.3 Å². The Bertz CT molecular complexity index is 894. The minimum Gasteiger partial charge on any atom is -0.301 e. The predicted octanol–water partition coefficient (Wildman–Crippen LogP) is 6.06. The predicted molar refractivity (Wildman–Crippen MR) is 110 cm³/mol. The van der Waals surface area contributed by atoms with Gasteiger partial charge >= 0.3 is 0 Å². The van der Waals surface area contributed by atoms with Crippen molar-refractivity contribution in [3.63, 3.8) is 0 Å². The standard InChI is InChI=1S/C20H24N2OS2/c1-4-5-6-11-24-20-21-18(23)17-16(12-25-19(17)22-20)15-9-7-14(8-10-15)13(2)3/h7-10,12-13H,4-6,11H2,1-3H3,(H,21,22,23). The minimum atomic E-state index is -0.0350. The lowest BCUT2D eigenvalue weighted by atomic mass is 9.99. The minimum absolute atomic E-state index is 0.0350. The number of aromatic amines is 1. The van der Waals surface area contributed by atoms with E-state index < -0.39 is 0 Å². The van der Waals surface area contributed by atoms with Gasteiger partial charge in [0.1, 0.15) is 4.83 Å². The largest absolute Gasteiger partial charge is 0.301 e. The van der Waals surface area contributed by atoms with E-state index >= 15 is 0 Å². The first-order valence-corrected chi connectivity index (χ1v) is 10.7. The van der Waals surface area contributed by atoms with E-state index in [-0.39, 0.29) is 5.56 Å². The molecule has 0 saturated heterocycles. The molecule has 3 nitrogen and oxygen atoms in total. The molecule has 0 unspecified atom stereocenters. The van der Waals surface area contributed by atoms with Gasteiger partial charge in [-0.1, -0.05) is 69.6 Å². The molecule has 0 spiro atoms. The van der Waals surface area contributed by atoms with E-state index in [1.54, 1.807) is 23.1 Å². The van der Waals surface area contributed by atoms with Gasteiger partial charge in [0.15, 0.2) is 5.16 Å². The lowest BCUT2D eigenvalue weighted by Gasteiger charge is -2.06. The summed E-state index contributed by atoms with van der Waals surface area (Å²) >= 11 is 3.19. The summed E-state index contributed by atoms with van der Waals surface area (Å²) in [5.74, 6) is 1.50. The third-order valence-corrected chi connectivity index (χ3v) is 6.13. The van der Waals surface area contributed by atoms with Crippen LogP contribution >= 0.6 is 23.1 Å². The maximum atomic E-state index is 12.6. The summed E-state index contributed by atoms with van der Waals surface area (Å²) in [5, 5.41) is 3.49. The molecule has 132 valence electrons. The molecule has 2 heterocycles. The number of nitrogens with zero attached hydrogens (tertiary/aromatic N) is 1. The first-order valence-electron chi connectivity index (χ1n) is 8.84. The second-order valence-corrected chi connectivity index (χ2v) is 8.47. The normalized spacial score (nSPS) is 11.5. The van der Waals surface area contributed by atoms with Crippen LogP contribution in [0.3, 0.4) is 0 Å². The third kappa shape index (κ3) is 4.15. The first kappa shape index (κ1) is 18.2. The number of thioether (sulfide) groups is 1. The molecule has 0 aliphatic carbocycles. The van der Waals surface area contributed by atoms with Crippen LogP contribution in [0.5, 0.6) is 0 Å². The van der Waals surface area contributed by atoms with Gasteiger partial charge in [-0.3, -0.25) is 4.79 Å². The molecule has 0 bridgehead atoms. The fourth-order valence-electron chi connectivity index (χ4n) is 2.78. The molecule has 2 aromatic heterocycles. The summed E-state index contributed by atoms with van der Waals surface area (Å²) in [6.45, 7) is 6.56. The molecule has 0 aliphatic heterocycles. The van der Waals surface area contributed by atoms with E-state index in [1.807, 2.05) is 5.38 Å². The summed E-state index contributed by atoms with van der Waals surface area (Å²) in [6.07, 6.45) is 3.57. The highest BCUT2D eigenvalue weighted by Crippen LogP contribution is 2.32. The average molecular weight is 373 g/mol. The van der Waals surface area contributed by atoms with Crippen molar-refractivity contribution >= 4 is 33.3 Å². The van der Waals surface area contributed by atoms with Crippen molar-refractivity contribution in [3.8, 4) is 11.1 Å². The van der Waals surface area contributed by atoms with Gasteiger partial charge in [0.25, 0.3) is 5.56 Å². The van der Waals surface area contributed by atoms with Crippen molar-refractivity contribution in [1.82, 2.24) is 9.97 Å². The lowest BCUT2D eigenvalue weighted by molar-refractivity contribution is 0.777. The van der Waals surface area contributed by atoms with Crippen LogP contribution in [0.2, 0.25) is 0 Å². The van der Waals surface area contributed by atoms with Crippen LogP contribution in [-0.4, -0.2) is 15.7 Å². The topological polar surface area (TPSA) is 45.8 Å². The van der Waals surface area contributed by atoms with Gasteiger partial charge in [-0.25, -0.2) is 4.98 Å². The van der Waals surface area contributed by atoms with Crippen LogP contribution in [0.15, 0.2) is 39.6 Å². The second kappa shape index (κ2) is 8.19. The van der Waals surface area contributed by atoms with E-state index in [4.69, 9.17) is 0 Å². The molecule has 0 aliphatic rings. The van der Waals surface area contributed by atoms with Crippen molar-refractivity contribution in [1.29, 1.82) is 0 Å². The molecular formula is C20H24N2OS2. The van der Waals surface area contributed by atoms with Crippen LogP contribution < -0.4 is 5.56 Å². The SMILES string of the molecule is CCCCCSc1nc2scc(-c3ccc(C(C)C)cc3)c2c(=O)[nH]1. The Morgan fingerprint density at radius 2 is 1.96 bits per heavy atom. The van der Waals surface area contributed by atoms with Gasteiger partial charge in [0, 0.05) is 16.7 Å². The molecule has 0 saturated carbocycles. The van der Waals surface area contributed by atoms with Gasteiger partial charge in [-0.2, -0.15) is 0 Å². The number of aromatic nitrogens is 2. The molecule has 25 heavy (non-hydrogen) atoms. The van der Waals surface area contributed by atoms with Crippen LogP contribution in [0.25, 0.3) is 21.3 Å². The summed E-state index contributed by atoms with van der Waals surface area (Å²) in [4.78, 5) is 21.0. The third-order valence-electron chi connectivity index (χ3n) is 4.30. The number of hydrogen-bond donors (Lipinski definition) is 1. The van der Waals surface area contributed by atoms with Crippen molar-refractivity contribution < 1.29 is 0 Å². The Morgan fingerprint density at radius 1 is 1.20 bits per heavy atom. The zero-order valence-electron chi connectivity index (χ0n) is 15.0. The fraction of sp³-hybridized carbons (Fsp3) is 0.400. The van der Waals surface area contributed by atoms with E-state index in [1.165, 1.54) is 18.4 Å². The van der Waals surface area contributed by atoms with Crippen molar-refractivity contribution in [2.75, 3.05) is 5.75 Å². The van der Waals surface area contributed by atoms with Gasteiger partial charge in [-0.05, 0) is 23.5 Å². The quantitative estimate of drug-likeness (QED) is 0.311. The summed E-state index contributed by atoms with van der Waals surface area (Å²) < 4.78 is 0. The maximum Gasteiger partial charge on any atom is 0.260 e. The number of H-pyrrole nitrogens is 1. The Kier molecular flexibility index (Phi) is 5.97. The van der Waals surface area contributed by atoms with Crippen molar-refractivity contribution in [2.45, 2.75) is 51.1 Å². The molecule has 1 N–H and O–H groups in total. The smallest absolute Gasteiger partial charge is 0.260 e. The molecule has 5 heteroatoms. The van der Waals surface area contributed by atoms with Gasteiger partial charge in [0.05, 0.1) is 5.39 Å². The zero-order chi connectivity index (χ0) is 17.8. The fourth-order valence-corrected chi connectivity index (χ4v) is 4.65. The van der Waals surface area contributed by atoms with Crippen LogP contribution in [-0.2, 0) is 0 Å².